The zero-order chi connectivity index (χ0) is 20.1. The Bertz CT molecular complexity index is 1020. The van der Waals surface area contributed by atoms with Gasteiger partial charge in [-0.1, -0.05) is 12.1 Å². The van der Waals surface area contributed by atoms with E-state index in [9.17, 15) is 9.65 Å². The van der Waals surface area contributed by atoms with Crippen molar-refractivity contribution in [1.29, 1.82) is 5.26 Å². The van der Waals surface area contributed by atoms with Gasteiger partial charge in [-0.2, -0.15) is 5.26 Å². The molecule has 28 heavy (non-hydrogen) atoms. The molecule has 3 rings (SSSR count). The molecule has 1 aliphatic rings. The van der Waals surface area contributed by atoms with Gasteiger partial charge < -0.3 is 16.5 Å². The molecule has 1 aromatic carbocycles. The number of allylic oxidation sites excluding steroid dienone is 2. The fourth-order valence-corrected chi connectivity index (χ4v) is 2.92. The Kier molecular flexibility index (Phi) is 5.67. The lowest BCUT2D eigenvalue weighted by Crippen LogP contribution is -2.33. The summed E-state index contributed by atoms with van der Waals surface area (Å²) in [5.41, 5.74) is 11.9. The SMILES string of the molecule is CNc1ccc(-c2cnc(N)c(C(=NC3C=C(F)C=CC3)NN)c2)cc1C#N. The number of nitrogens with zero attached hydrogens (tertiary/aromatic N) is 3. The van der Waals surface area contributed by atoms with Crippen LogP contribution in [0.4, 0.5) is 15.9 Å². The second-order valence-corrected chi connectivity index (χ2v) is 6.16. The largest absolute Gasteiger partial charge is 0.387 e. The van der Waals surface area contributed by atoms with Crippen LogP contribution in [0.5, 0.6) is 0 Å². The van der Waals surface area contributed by atoms with E-state index in [0.717, 1.165) is 16.8 Å². The number of nitrogen functional groups attached to an aromatic ring is 1. The van der Waals surface area contributed by atoms with Gasteiger partial charge in [0.2, 0.25) is 0 Å². The maximum Gasteiger partial charge on any atom is 0.146 e. The van der Waals surface area contributed by atoms with Gasteiger partial charge in [-0.15, -0.1) is 0 Å². The van der Waals surface area contributed by atoms with Crippen LogP contribution in [0.3, 0.4) is 0 Å². The first-order valence-electron chi connectivity index (χ1n) is 8.62. The molecule has 0 radical (unpaired) electrons. The van der Waals surface area contributed by atoms with Crippen LogP contribution in [-0.4, -0.2) is 23.9 Å². The first-order valence-corrected chi connectivity index (χ1v) is 8.62. The number of amidine groups is 1. The van der Waals surface area contributed by atoms with Crippen LogP contribution in [0.25, 0.3) is 11.1 Å². The quantitative estimate of drug-likeness (QED) is 0.281. The molecule has 0 spiro atoms. The van der Waals surface area contributed by atoms with E-state index in [1.165, 1.54) is 12.2 Å². The van der Waals surface area contributed by atoms with Crippen LogP contribution >= 0.6 is 0 Å². The lowest BCUT2D eigenvalue weighted by atomic mass is 10.0. The summed E-state index contributed by atoms with van der Waals surface area (Å²) in [6.45, 7) is 0. The topological polar surface area (TPSA) is 125 Å². The Morgan fingerprint density at radius 1 is 1.36 bits per heavy atom. The van der Waals surface area contributed by atoms with Gasteiger partial charge in [-0.25, -0.2) is 15.2 Å². The number of aliphatic imine (C=N–C) groups is 1. The van der Waals surface area contributed by atoms with E-state index in [0.29, 0.717) is 23.4 Å². The molecular weight excluding hydrogens is 357 g/mol. The molecule has 0 saturated heterocycles. The Morgan fingerprint density at radius 3 is 2.86 bits per heavy atom. The van der Waals surface area contributed by atoms with Crippen molar-refractivity contribution in [3.63, 3.8) is 0 Å². The van der Waals surface area contributed by atoms with E-state index in [1.54, 1.807) is 31.5 Å². The average Bonchev–Trinajstić information content (AvgIpc) is 2.72. The Morgan fingerprint density at radius 2 is 2.18 bits per heavy atom. The minimum atomic E-state index is -0.390. The smallest absolute Gasteiger partial charge is 0.146 e. The number of rotatable bonds is 4. The van der Waals surface area contributed by atoms with Crippen LogP contribution in [0.15, 0.2) is 59.5 Å². The molecule has 142 valence electrons. The normalized spacial score (nSPS) is 16.3. The molecule has 0 aliphatic heterocycles. The third-order valence-electron chi connectivity index (χ3n) is 4.35. The third kappa shape index (κ3) is 4.00. The van der Waals surface area contributed by atoms with Gasteiger partial charge >= 0.3 is 0 Å². The highest BCUT2D eigenvalue weighted by molar-refractivity contribution is 6.03. The van der Waals surface area contributed by atoms with Crippen LogP contribution < -0.4 is 22.3 Å². The third-order valence-corrected chi connectivity index (χ3v) is 4.35. The van der Waals surface area contributed by atoms with Gasteiger partial charge in [0.15, 0.2) is 0 Å². The molecule has 0 amide bonds. The molecule has 0 bridgehead atoms. The van der Waals surface area contributed by atoms with Gasteiger partial charge in [-0.05, 0) is 42.3 Å². The molecule has 1 aliphatic carbocycles. The van der Waals surface area contributed by atoms with Crippen molar-refractivity contribution in [1.82, 2.24) is 10.4 Å². The standard InChI is InChI=1S/C20H20FN7/c1-25-18-6-5-12(7-13(18)10-22)14-8-17(19(23)26-11-14)20(28-24)27-16-4-2-3-15(21)9-16/h2-3,5-9,11,16,25H,4,24H2,1H3,(H2,23,26)(H,27,28). The highest BCUT2D eigenvalue weighted by Crippen LogP contribution is 2.27. The van der Waals surface area contributed by atoms with Crippen molar-refractivity contribution in [2.45, 2.75) is 12.5 Å². The number of aromatic nitrogens is 1. The number of hydrogen-bond donors (Lipinski definition) is 4. The van der Waals surface area contributed by atoms with E-state index >= 15 is 0 Å². The molecule has 2 aromatic rings. The first-order chi connectivity index (χ1) is 13.5. The molecule has 1 atom stereocenters. The van der Waals surface area contributed by atoms with Crippen molar-refractivity contribution < 1.29 is 4.39 Å². The van der Waals surface area contributed by atoms with E-state index in [2.05, 4.69) is 26.8 Å². The summed E-state index contributed by atoms with van der Waals surface area (Å²) in [6.07, 6.45) is 6.71. The Labute approximate surface area is 162 Å². The number of hydrazine groups is 1. The molecule has 0 fully saturated rings. The summed E-state index contributed by atoms with van der Waals surface area (Å²) in [5, 5.41) is 12.3. The minimum Gasteiger partial charge on any atom is -0.387 e. The van der Waals surface area contributed by atoms with E-state index in [1.807, 2.05) is 12.1 Å². The number of nitrogens with one attached hydrogen (secondary N) is 2. The summed E-state index contributed by atoms with van der Waals surface area (Å²) < 4.78 is 13.5. The predicted molar refractivity (Wildman–Crippen MR) is 109 cm³/mol. The van der Waals surface area contributed by atoms with Crippen molar-refractivity contribution in [2.24, 2.45) is 10.8 Å². The number of anilines is 2. The van der Waals surface area contributed by atoms with Gasteiger partial charge in [0.25, 0.3) is 0 Å². The van der Waals surface area contributed by atoms with Gasteiger partial charge in [0, 0.05) is 18.8 Å². The molecule has 1 unspecified atom stereocenters. The molecule has 8 heteroatoms. The monoisotopic (exact) mass is 377 g/mol. The summed E-state index contributed by atoms with van der Waals surface area (Å²) in [5.74, 6) is 5.86. The zero-order valence-corrected chi connectivity index (χ0v) is 15.3. The summed E-state index contributed by atoms with van der Waals surface area (Å²) in [7, 11) is 1.76. The molecule has 7 nitrogen and oxygen atoms in total. The molecule has 1 aromatic heterocycles. The Balaban J connectivity index is 2.01. The second-order valence-electron chi connectivity index (χ2n) is 6.16. The molecule has 1 heterocycles. The number of benzene rings is 1. The fraction of sp³-hybridized carbons (Fsp3) is 0.150. The van der Waals surface area contributed by atoms with Crippen molar-refractivity contribution in [2.75, 3.05) is 18.1 Å². The van der Waals surface area contributed by atoms with Crippen LogP contribution in [-0.2, 0) is 0 Å². The average molecular weight is 377 g/mol. The van der Waals surface area contributed by atoms with E-state index < -0.39 is 0 Å². The highest BCUT2D eigenvalue weighted by atomic mass is 19.1. The van der Waals surface area contributed by atoms with Crippen LogP contribution in [0, 0.1) is 11.3 Å². The predicted octanol–water partition coefficient (Wildman–Crippen LogP) is 2.64. The van der Waals surface area contributed by atoms with Crippen molar-refractivity contribution in [3.05, 3.63) is 65.6 Å². The van der Waals surface area contributed by atoms with Gasteiger partial charge in [0.1, 0.15) is 23.5 Å². The minimum absolute atomic E-state index is 0.239. The molecular formula is C20H20FN7. The maximum absolute atomic E-state index is 13.5. The van der Waals surface area contributed by atoms with Crippen LogP contribution in [0.2, 0.25) is 0 Å². The second kappa shape index (κ2) is 8.33. The van der Waals surface area contributed by atoms with Crippen LogP contribution in [0.1, 0.15) is 17.5 Å². The van der Waals surface area contributed by atoms with Gasteiger partial charge in [-0.3, -0.25) is 4.99 Å². The highest BCUT2D eigenvalue weighted by Gasteiger charge is 2.15. The number of halogens is 1. The first kappa shape index (κ1) is 19.1. The summed E-state index contributed by atoms with van der Waals surface area (Å²) >= 11 is 0. The zero-order valence-electron chi connectivity index (χ0n) is 15.3. The van der Waals surface area contributed by atoms with Crippen molar-refractivity contribution >= 4 is 17.3 Å². The van der Waals surface area contributed by atoms with E-state index in [4.69, 9.17) is 11.6 Å². The summed E-state index contributed by atoms with van der Waals surface area (Å²) in [4.78, 5) is 8.69. The van der Waals surface area contributed by atoms with Crippen molar-refractivity contribution in [3.8, 4) is 17.2 Å². The number of pyridine rings is 1. The summed E-state index contributed by atoms with van der Waals surface area (Å²) in [6, 6.07) is 9.02. The number of nitrogens with two attached hydrogens (primary N) is 2. The van der Waals surface area contributed by atoms with Gasteiger partial charge in [0.05, 0.1) is 22.9 Å². The maximum atomic E-state index is 13.5. The molecule has 0 saturated carbocycles. The Hall–Kier alpha value is -3.70. The number of hydrogen-bond acceptors (Lipinski definition) is 6. The van der Waals surface area contributed by atoms with E-state index in [-0.39, 0.29) is 17.7 Å². The molecule has 6 N–H and O–H groups in total. The lowest BCUT2D eigenvalue weighted by molar-refractivity contribution is 0.638. The number of nitriles is 1. The lowest BCUT2D eigenvalue weighted by Gasteiger charge is -2.15. The fourth-order valence-electron chi connectivity index (χ4n) is 2.92.